The van der Waals surface area contributed by atoms with Crippen molar-refractivity contribution in [3.63, 3.8) is 0 Å². The molecule has 2 aliphatic rings. The number of hydrogen-bond acceptors (Lipinski definition) is 4. The van der Waals surface area contributed by atoms with Crippen LogP contribution in [0.3, 0.4) is 0 Å². The fourth-order valence-electron chi connectivity index (χ4n) is 5.59. The lowest BCUT2D eigenvalue weighted by atomic mass is 9.83. The zero-order valence-electron chi connectivity index (χ0n) is 21.7. The maximum absolute atomic E-state index is 13.8. The number of nitrogens with zero attached hydrogens (tertiary/aromatic N) is 3. The van der Waals surface area contributed by atoms with Crippen LogP contribution in [0.5, 0.6) is 0 Å². The molecule has 1 saturated heterocycles. The molecule has 196 valence electrons. The lowest BCUT2D eigenvalue weighted by Gasteiger charge is -2.43. The fourth-order valence-corrected chi connectivity index (χ4v) is 5.59. The topological polar surface area (TPSA) is 86.7 Å². The van der Waals surface area contributed by atoms with Gasteiger partial charge in [-0.1, -0.05) is 19.3 Å². The van der Waals surface area contributed by atoms with Crippen LogP contribution in [0.15, 0.2) is 24.3 Å². The molecule has 3 amide bonds. The standard InChI is InChI=1S/C27H38FN5O3/c1-17-16-32(26(35)23-15-20-14-21(28)10-11-22(20)31(23)4)12-13-33(17)27(36)24(19-8-6-5-7-9-19)30-25(34)18(2)29-3/h10-11,14-15,17-19,24,29H,5-9,12-13,16H2,1-4H3,(H,30,34)/t17-,18+,24?/m1/s1. The van der Waals surface area contributed by atoms with E-state index in [2.05, 4.69) is 10.6 Å². The number of rotatable bonds is 6. The molecule has 1 aromatic heterocycles. The highest BCUT2D eigenvalue weighted by Crippen LogP contribution is 2.29. The molecule has 0 spiro atoms. The van der Waals surface area contributed by atoms with E-state index in [9.17, 15) is 18.8 Å². The molecule has 2 N–H and O–H groups in total. The second-order valence-electron chi connectivity index (χ2n) is 10.3. The summed E-state index contributed by atoms with van der Waals surface area (Å²) in [6, 6.07) is 5.10. The molecule has 0 bridgehead atoms. The Bertz CT molecular complexity index is 1130. The van der Waals surface area contributed by atoms with Crippen molar-refractivity contribution in [2.45, 2.75) is 64.1 Å². The molecule has 2 aromatic rings. The van der Waals surface area contributed by atoms with Gasteiger partial charge in [0.15, 0.2) is 0 Å². The van der Waals surface area contributed by atoms with Crippen LogP contribution in [-0.2, 0) is 16.6 Å². The smallest absolute Gasteiger partial charge is 0.270 e. The molecule has 0 radical (unpaired) electrons. The van der Waals surface area contributed by atoms with E-state index in [1.54, 1.807) is 42.6 Å². The highest BCUT2D eigenvalue weighted by Gasteiger charge is 2.38. The summed E-state index contributed by atoms with van der Waals surface area (Å²) in [6.45, 7) is 4.95. The van der Waals surface area contributed by atoms with E-state index >= 15 is 0 Å². The van der Waals surface area contributed by atoms with Crippen LogP contribution < -0.4 is 10.6 Å². The minimum atomic E-state index is -0.550. The van der Waals surface area contributed by atoms with Crippen molar-refractivity contribution in [2.24, 2.45) is 13.0 Å². The average molecular weight is 500 g/mol. The van der Waals surface area contributed by atoms with Gasteiger partial charge in [0.1, 0.15) is 17.6 Å². The first-order valence-corrected chi connectivity index (χ1v) is 13.0. The van der Waals surface area contributed by atoms with Crippen LogP contribution in [0.4, 0.5) is 4.39 Å². The third-order valence-corrected chi connectivity index (χ3v) is 7.93. The summed E-state index contributed by atoms with van der Waals surface area (Å²) in [6.07, 6.45) is 5.16. The Hall–Kier alpha value is -2.94. The molecule has 1 saturated carbocycles. The second-order valence-corrected chi connectivity index (χ2v) is 10.3. The van der Waals surface area contributed by atoms with Gasteiger partial charge in [0.05, 0.1) is 6.04 Å². The Balaban J connectivity index is 1.48. The Kier molecular flexibility index (Phi) is 7.97. The van der Waals surface area contributed by atoms with E-state index in [1.807, 2.05) is 11.8 Å². The van der Waals surface area contributed by atoms with Gasteiger partial charge < -0.3 is 25.0 Å². The van der Waals surface area contributed by atoms with Gasteiger partial charge in [-0.25, -0.2) is 4.39 Å². The predicted octanol–water partition coefficient (Wildman–Crippen LogP) is 2.66. The molecule has 1 unspecified atom stereocenters. The van der Waals surface area contributed by atoms with E-state index in [1.165, 1.54) is 12.1 Å². The largest absolute Gasteiger partial charge is 0.343 e. The number of nitrogens with one attached hydrogen (secondary N) is 2. The quantitative estimate of drug-likeness (QED) is 0.640. The molecule has 1 aliphatic heterocycles. The molecule has 1 aromatic carbocycles. The van der Waals surface area contributed by atoms with E-state index < -0.39 is 6.04 Å². The lowest BCUT2D eigenvalue weighted by molar-refractivity contribution is -0.142. The highest BCUT2D eigenvalue weighted by molar-refractivity contribution is 5.99. The number of benzene rings is 1. The summed E-state index contributed by atoms with van der Waals surface area (Å²) in [4.78, 5) is 43.4. The summed E-state index contributed by atoms with van der Waals surface area (Å²) < 4.78 is 15.5. The molecular formula is C27H38FN5O3. The fraction of sp³-hybridized carbons (Fsp3) is 0.593. The number of carbonyl (C=O) groups is 3. The molecular weight excluding hydrogens is 461 g/mol. The van der Waals surface area contributed by atoms with Crippen molar-refractivity contribution in [1.29, 1.82) is 0 Å². The molecule has 8 nitrogen and oxygen atoms in total. The number of amides is 3. The average Bonchev–Trinajstić information content (AvgIpc) is 3.21. The van der Waals surface area contributed by atoms with Crippen molar-refractivity contribution < 1.29 is 18.8 Å². The van der Waals surface area contributed by atoms with Crippen molar-refractivity contribution >= 4 is 28.6 Å². The lowest BCUT2D eigenvalue weighted by Crippen LogP contribution is -2.62. The van der Waals surface area contributed by atoms with E-state index in [-0.39, 0.29) is 41.5 Å². The maximum atomic E-state index is 13.8. The zero-order valence-corrected chi connectivity index (χ0v) is 21.7. The normalized spacial score (nSPS) is 20.9. The number of hydrogen-bond donors (Lipinski definition) is 2. The van der Waals surface area contributed by atoms with Crippen molar-refractivity contribution in [3.8, 4) is 0 Å². The molecule has 2 fully saturated rings. The van der Waals surface area contributed by atoms with E-state index in [0.29, 0.717) is 30.7 Å². The Morgan fingerprint density at radius 3 is 2.47 bits per heavy atom. The second kappa shape index (κ2) is 11.0. The Morgan fingerprint density at radius 2 is 1.81 bits per heavy atom. The van der Waals surface area contributed by atoms with Gasteiger partial charge in [-0.3, -0.25) is 14.4 Å². The molecule has 2 heterocycles. The first kappa shape index (κ1) is 26.1. The van der Waals surface area contributed by atoms with Gasteiger partial charge in [0.2, 0.25) is 11.8 Å². The molecule has 36 heavy (non-hydrogen) atoms. The number of aromatic nitrogens is 1. The number of carbonyl (C=O) groups excluding carboxylic acids is 3. The van der Waals surface area contributed by atoms with Crippen LogP contribution in [0.25, 0.3) is 10.9 Å². The number of fused-ring (bicyclic) bond motifs is 1. The zero-order chi connectivity index (χ0) is 26.0. The van der Waals surface area contributed by atoms with Crippen LogP contribution >= 0.6 is 0 Å². The minimum absolute atomic E-state index is 0.0572. The van der Waals surface area contributed by atoms with E-state index in [4.69, 9.17) is 0 Å². The van der Waals surface area contributed by atoms with Crippen molar-refractivity contribution in [2.75, 3.05) is 26.7 Å². The predicted molar refractivity (Wildman–Crippen MR) is 137 cm³/mol. The summed E-state index contributed by atoms with van der Waals surface area (Å²) in [5.41, 5.74) is 1.29. The van der Waals surface area contributed by atoms with Crippen molar-refractivity contribution in [1.82, 2.24) is 25.0 Å². The molecule has 3 atom stereocenters. The molecule has 9 heteroatoms. The number of halogens is 1. The monoisotopic (exact) mass is 499 g/mol. The first-order valence-electron chi connectivity index (χ1n) is 13.0. The van der Waals surface area contributed by atoms with Crippen LogP contribution in [0.1, 0.15) is 56.4 Å². The molecule has 1 aliphatic carbocycles. The number of likely N-dealkylation sites (N-methyl/N-ethyl adjacent to an activating group) is 1. The third-order valence-electron chi connectivity index (χ3n) is 7.93. The highest BCUT2D eigenvalue weighted by atomic mass is 19.1. The van der Waals surface area contributed by atoms with Gasteiger partial charge in [-0.15, -0.1) is 0 Å². The van der Waals surface area contributed by atoms with Crippen LogP contribution in [0.2, 0.25) is 0 Å². The SMILES string of the molecule is CN[C@@H](C)C(=O)NC(C(=O)N1CCN(C(=O)c2cc3cc(F)ccc3n2C)C[C@H]1C)C1CCCCC1. The first-order chi connectivity index (χ1) is 17.2. The van der Waals surface area contributed by atoms with Gasteiger partial charge in [-0.05, 0) is 63.9 Å². The number of piperazine rings is 1. The summed E-state index contributed by atoms with van der Waals surface area (Å²) in [7, 11) is 3.53. The summed E-state index contributed by atoms with van der Waals surface area (Å²) >= 11 is 0. The van der Waals surface area contributed by atoms with Gasteiger partial charge in [-0.2, -0.15) is 0 Å². The van der Waals surface area contributed by atoms with Crippen molar-refractivity contribution in [3.05, 3.63) is 35.8 Å². The maximum Gasteiger partial charge on any atom is 0.270 e. The minimum Gasteiger partial charge on any atom is -0.343 e. The van der Waals surface area contributed by atoms with E-state index in [0.717, 1.165) is 37.6 Å². The Labute approximate surface area is 212 Å². The van der Waals surface area contributed by atoms with Gasteiger partial charge >= 0.3 is 0 Å². The summed E-state index contributed by atoms with van der Waals surface area (Å²) in [5, 5.41) is 6.67. The van der Waals surface area contributed by atoms with Crippen LogP contribution in [0, 0.1) is 11.7 Å². The Morgan fingerprint density at radius 1 is 1.08 bits per heavy atom. The van der Waals surface area contributed by atoms with Gasteiger partial charge in [0.25, 0.3) is 5.91 Å². The third kappa shape index (κ3) is 5.26. The van der Waals surface area contributed by atoms with Crippen LogP contribution in [-0.4, -0.2) is 76.9 Å². The summed E-state index contributed by atoms with van der Waals surface area (Å²) in [5.74, 6) is -0.569. The van der Waals surface area contributed by atoms with Gasteiger partial charge in [0, 0.05) is 43.6 Å². The number of aryl methyl sites for hydroxylation is 1. The molecule has 4 rings (SSSR count).